The summed E-state index contributed by atoms with van der Waals surface area (Å²) in [6.07, 6.45) is 0. The second-order valence-corrected chi connectivity index (χ2v) is 5.08. The van der Waals surface area contributed by atoms with Gasteiger partial charge in [-0.2, -0.15) is 0 Å². The first-order valence-electron chi connectivity index (χ1n) is 5.58. The quantitative estimate of drug-likeness (QED) is 0.901. The zero-order valence-electron chi connectivity index (χ0n) is 10.0. The Kier molecular flexibility index (Phi) is 3.64. The fourth-order valence-electron chi connectivity index (χ4n) is 1.50. The van der Waals surface area contributed by atoms with Crippen molar-refractivity contribution in [2.45, 2.75) is 26.4 Å². The lowest BCUT2D eigenvalue weighted by Gasteiger charge is -2.07. The highest BCUT2D eigenvalue weighted by atomic mass is 32.1. The van der Waals surface area contributed by atoms with Gasteiger partial charge in [-0.15, -0.1) is 11.3 Å². The number of ether oxygens (including phenoxy) is 1. The maximum atomic E-state index is 5.63. The lowest BCUT2D eigenvalue weighted by Crippen LogP contribution is -1.96. The number of nitrogen functional groups attached to an aromatic ring is 1. The van der Waals surface area contributed by atoms with E-state index in [-0.39, 0.29) is 0 Å². The summed E-state index contributed by atoms with van der Waals surface area (Å²) >= 11 is 1.43. The van der Waals surface area contributed by atoms with Gasteiger partial charge in [0.2, 0.25) is 0 Å². The third kappa shape index (κ3) is 3.20. The van der Waals surface area contributed by atoms with Crippen molar-refractivity contribution in [2.24, 2.45) is 0 Å². The van der Waals surface area contributed by atoms with Crippen LogP contribution in [0.5, 0.6) is 5.75 Å². The molecule has 2 aromatic rings. The van der Waals surface area contributed by atoms with Gasteiger partial charge in [-0.05, 0) is 23.6 Å². The molecule has 0 aliphatic heterocycles. The van der Waals surface area contributed by atoms with Gasteiger partial charge in [-0.3, -0.25) is 0 Å². The summed E-state index contributed by atoms with van der Waals surface area (Å²) < 4.78 is 5.63. The maximum absolute atomic E-state index is 5.63. The molecule has 0 amide bonds. The fourth-order valence-corrected chi connectivity index (χ4v) is 2.04. The van der Waals surface area contributed by atoms with Crippen LogP contribution in [0.15, 0.2) is 29.6 Å². The van der Waals surface area contributed by atoms with Crippen LogP contribution in [0.1, 0.15) is 31.0 Å². The Labute approximate surface area is 105 Å². The monoisotopic (exact) mass is 248 g/mol. The molecule has 3 nitrogen and oxygen atoms in total. The predicted molar refractivity (Wildman–Crippen MR) is 71.4 cm³/mol. The van der Waals surface area contributed by atoms with E-state index in [0.717, 1.165) is 11.4 Å². The number of benzene rings is 1. The number of rotatable bonds is 4. The van der Waals surface area contributed by atoms with E-state index in [1.165, 1.54) is 16.9 Å². The summed E-state index contributed by atoms with van der Waals surface area (Å²) in [5.74, 6) is 1.41. The highest BCUT2D eigenvalue weighted by molar-refractivity contribution is 7.13. The molecule has 1 heterocycles. The van der Waals surface area contributed by atoms with Gasteiger partial charge in [0.25, 0.3) is 0 Å². The minimum Gasteiger partial charge on any atom is -0.487 e. The van der Waals surface area contributed by atoms with Gasteiger partial charge in [0.15, 0.2) is 5.13 Å². The summed E-state index contributed by atoms with van der Waals surface area (Å²) in [6, 6.07) is 8.17. The number of anilines is 1. The van der Waals surface area contributed by atoms with Crippen LogP contribution in [0.2, 0.25) is 0 Å². The molecule has 0 aliphatic carbocycles. The van der Waals surface area contributed by atoms with E-state index >= 15 is 0 Å². The third-order valence-electron chi connectivity index (χ3n) is 2.50. The summed E-state index contributed by atoms with van der Waals surface area (Å²) in [7, 11) is 0. The number of aromatic nitrogens is 1. The number of hydrogen-bond acceptors (Lipinski definition) is 4. The topological polar surface area (TPSA) is 48.1 Å². The number of nitrogens with zero attached hydrogens (tertiary/aromatic N) is 1. The molecule has 4 heteroatoms. The Morgan fingerprint density at radius 3 is 2.53 bits per heavy atom. The molecule has 0 saturated carbocycles. The zero-order valence-corrected chi connectivity index (χ0v) is 10.8. The lowest BCUT2D eigenvalue weighted by molar-refractivity contribution is 0.302. The van der Waals surface area contributed by atoms with Gasteiger partial charge in [-0.25, -0.2) is 4.98 Å². The van der Waals surface area contributed by atoms with Crippen molar-refractivity contribution < 1.29 is 4.74 Å². The highest BCUT2D eigenvalue weighted by Gasteiger charge is 2.02. The molecule has 90 valence electrons. The molecule has 2 rings (SSSR count). The van der Waals surface area contributed by atoms with Crippen LogP contribution in [-0.4, -0.2) is 4.98 Å². The van der Waals surface area contributed by atoms with Crippen LogP contribution in [-0.2, 0) is 6.61 Å². The highest BCUT2D eigenvalue weighted by Crippen LogP contribution is 2.20. The van der Waals surface area contributed by atoms with Gasteiger partial charge >= 0.3 is 0 Å². The molecule has 2 N–H and O–H groups in total. The average Bonchev–Trinajstić information content (AvgIpc) is 2.73. The first kappa shape index (κ1) is 11.9. The second-order valence-electron chi connectivity index (χ2n) is 4.19. The molecule has 1 aromatic carbocycles. The molecule has 0 unspecified atom stereocenters. The van der Waals surface area contributed by atoms with Gasteiger partial charge in [0.1, 0.15) is 12.4 Å². The molecule has 0 saturated heterocycles. The third-order valence-corrected chi connectivity index (χ3v) is 3.23. The van der Waals surface area contributed by atoms with Gasteiger partial charge < -0.3 is 10.5 Å². The molecule has 0 aliphatic rings. The maximum Gasteiger partial charge on any atom is 0.180 e. The summed E-state index contributed by atoms with van der Waals surface area (Å²) in [5.41, 5.74) is 7.74. The molecular formula is C13H16N2OS. The van der Waals surface area contributed by atoms with Crippen LogP contribution in [0.4, 0.5) is 5.13 Å². The molecule has 1 aromatic heterocycles. The van der Waals surface area contributed by atoms with Crippen molar-refractivity contribution in [3.63, 3.8) is 0 Å². The minimum absolute atomic E-state index is 0.467. The molecule has 0 atom stereocenters. The van der Waals surface area contributed by atoms with E-state index in [4.69, 9.17) is 10.5 Å². The van der Waals surface area contributed by atoms with Crippen molar-refractivity contribution in [3.05, 3.63) is 40.9 Å². The second kappa shape index (κ2) is 5.19. The summed E-state index contributed by atoms with van der Waals surface area (Å²) in [6.45, 7) is 4.82. The van der Waals surface area contributed by atoms with E-state index in [0.29, 0.717) is 17.7 Å². The van der Waals surface area contributed by atoms with Crippen molar-refractivity contribution in [2.75, 3.05) is 5.73 Å². The first-order valence-corrected chi connectivity index (χ1v) is 6.46. The normalized spacial score (nSPS) is 10.8. The van der Waals surface area contributed by atoms with Gasteiger partial charge in [-0.1, -0.05) is 26.0 Å². The van der Waals surface area contributed by atoms with E-state index in [9.17, 15) is 0 Å². The van der Waals surface area contributed by atoms with Crippen LogP contribution >= 0.6 is 11.3 Å². The Bertz CT molecular complexity index is 476. The van der Waals surface area contributed by atoms with Crippen molar-refractivity contribution in [1.82, 2.24) is 4.98 Å². The Morgan fingerprint density at radius 1 is 1.29 bits per heavy atom. The Hall–Kier alpha value is -1.55. The van der Waals surface area contributed by atoms with Crippen LogP contribution in [0.25, 0.3) is 0 Å². The first-order chi connectivity index (χ1) is 8.15. The van der Waals surface area contributed by atoms with Gasteiger partial charge in [0, 0.05) is 5.38 Å². The molecule has 0 bridgehead atoms. The van der Waals surface area contributed by atoms with Gasteiger partial charge in [0.05, 0.1) is 5.69 Å². The van der Waals surface area contributed by atoms with Crippen LogP contribution in [0.3, 0.4) is 0 Å². The fraction of sp³-hybridized carbons (Fsp3) is 0.308. The van der Waals surface area contributed by atoms with E-state index in [1.54, 1.807) is 0 Å². The standard InChI is InChI=1S/C13H16N2OS/c1-9(2)10-3-5-12(6-4-10)16-7-11-8-17-13(14)15-11/h3-6,8-9H,7H2,1-2H3,(H2,14,15). The largest absolute Gasteiger partial charge is 0.487 e. The van der Waals surface area contributed by atoms with E-state index in [2.05, 4.69) is 31.0 Å². The molecular weight excluding hydrogens is 232 g/mol. The van der Waals surface area contributed by atoms with Crippen LogP contribution < -0.4 is 10.5 Å². The lowest BCUT2D eigenvalue weighted by atomic mass is 10.0. The van der Waals surface area contributed by atoms with E-state index in [1.807, 2.05) is 17.5 Å². The molecule has 0 fully saturated rings. The van der Waals surface area contributed by atoms with Crippen molar-refractivity contribution in [3.8, 4) is 5.75 Å². The molecule has 0 radical (unpaired) electrons. The predicted octanol–water partition coefficient (Wildman–Crippen LogP) is 3.43. The summed E-state index contributed by atoms with van der Waals surface area (Å²) in [4.78, 5) is 4.14. The summed E-state index contributed by atoms with van der Waals surface area (Å²) in [5, 5.41) is 2.50. The van der Waals surface area contributed by atoms with E-state index < -0.39 is 0 Å². The Balaban J connectivity index is 1.95. The van der Waals surface area contributed by atoms with Crippen LogP contribution in [0, 0.1) is 0 Å². The molecule has 17 heavy (non-hydrogen) atoms. The minimum atomic E-state index is 0.467. The Morgan fingerprint density at radius 2 is 2.00 bits per heavy atom. The zero-order chi connectivity index (χ0) is 12.3. The smallest absolute Gasteiger partial charge is 0.180 e. The average molecular weight is 248 g/mol. The SMILES string of the molecule is CC(C)c1ccc(OCc2csc(N)n2)cc1. The number of nitrogens with two attached hydrogens (primary N) is 1. The number of hydrogen-bond donors (Lipinski definition) is 1. The van der Waals surface area contributed by atoms with Crippen molar-refractivity contribution in [1.29, 1.82) is 0 Å². The molecule has 0 spiro atoms. The van der Waals surface area contributed by atoms with Crippen molar-refractivity contribution >= 4 is 16.5 Å². The number of thiazole rings is 1.